The molecule has 17 heteroatoms. The van der Waals surface area contributed by atoms with Gasteiger partial charge in [0.05, 0.1) is 31.8 Å². The predicted molar refractivity (Wildman–Crippen MR) is 228 cm³/mol. The Labute approximate surface area is 363 Å². The molecule has 63 heavy (non-hydrogen) atoms. The molecule has 4 atom stereocenters. The highest BCUT2D eigenvalue weighted by Gasteiger charge is 2.42. The molecule has 3 aromatic heterocycles. The SMILES string of the molecule is Cn1ccn2c(=O)n(CCCN3C4CCC3CC(OCc3ccccc3F)C4)c(=O)nc12.O=C1Cc2nccn2C(=O)N1CCCN1C2CCC1CC(OCc1ccccc1F)C2. The summed E-state index contributed by atoms with van der Waals surface area (Å²) in [5.74, 6) is 0.259. The summed E-state index contributed by atoms with van der Waals surface area (Å²) in [6.07, 6.45) is 16.8. The number of rotatable bonds is 14. The molecule has 0 aliphatic carbocycles. The van der Waals surface area contributed by atoms with Crippen LogP contribution < -0.4 is 11.4 Å². The third-order valence-corrected chi connectivity index (χ3v) is 13.7. The first-order valence-corrected chi connectivity index (χ1v) is 22.3. The number of ether oxygens (including phenoxy) is 2. The van der Waals surface area contributed by atoms with Crippen molar-refractivity contribution in [3.63, 3.8) is 0 Å². The van der Waals surface area contributed by atoms with Crippen LogP contribution >= 0.6 is 0 Å². The number of piperidine rings is 2. The lowest BCUT2D eigenvalue weighted by atomic mass is 9.99. The maximum atomic E-state index is 13.9. The van der Waals surface area contributed by atoms with Gasteiger partial charge in [-0.15, -0.1) is 0 Å². The minimum atomic E-state index is -0.500. The van der Waals surface area contributed by atoms with Crippen LogP contribution in [0.4, 0.5) is 13.6 Å². The fraction of sp³-hybridized carbons (Fsp3) is 0.522. The zero-order valence-corrected chi connectivity index (χ0v) is 35.6. The lowest BCUT2D eigenvalue weighted by molar-refractivity contribution is -0.128. The topological polar surface area (TPSA) is 141 Å². The number of hydrogen-bond donors (Lipinski definition) is 0. The molecule has 5 aromatic rings. The van der Waals surface area contributed by atoms with Gasteiger partial charge < -0.3 is 14.0 Å². The van der Waals surface area contributed by atoms with E-state index in [2.05, 4.69) is 19.8 Å². The van der Waals surface area contributed by atoms with E-state index in [0.717, 1.165) is 70.9 Å². The van der Waals surface area contributed by atoms with Crippen molar-refractivity contribution in [2.24, 2.45) is 7.05 Å². The molecular weight excluding hydrogens is 813 g/mol. The lowest BCUT2D eigenvalue weighted by Gasteiger charge is -2.39. The van der Waals surface area contributed by atoms with E-state index in [1.807, 2.05) is 12.1 Å². The quantitative estimate of drug-likeness (QED) is 0.151. The number of benzene rings is 2. The molecule has 4 unspecified atom stereocenters. The molecule has 5 aliphatic rings. The number of amides is 2. The van der Waals surface area contributed by atoms with E-state index >= 15 is 0 Å². The van der Waals surface area contributed by atoms with Crippen molar-refractivity contribution in [1.82, 2.24) is 42.8 Å². The number of imidazole rings is 2. The van der Waals surface area contributed by atoms with Crippen LogP contribution in [0.15, 0.2) is 82.9 Å². The number of aromatic nitrogens is 6. The van der Waals surface area contributed by atoms with Crippen molar-refractivity contribution in [1.29, 1.82) is 0 Å². The van der Waals surface area contributed by atoms with Crippen LogP contribution in [0.5, 0.6) is 0 Å². The first kappa shape index (κ1) is 42.9. The predicted octanol–water partition coefficient (Wildman–Crippen LogP) is 4.91. The number of imide groups is 1. The summed E-state index contributed by atoms with van der Waals surface area (Å²) in [5.41, 5.74) is 0.362. The van der Waals surface area contributed by atoms with Crippen molar-refractivity contribution in [2.75, 3.05) is 19.6 Å². The number of carbonyl (C=O) groups is 2. The normalized spacial score (nSPS) is 24.5. The van der Waals surface area contributed by atoms with E-state index in [1.54, 1.807) is 60.7 Å². The van der Waals surface area contributed by atoms with E-state index in [1.165, 1.54) is 30.6 Å². The fourth-order valence-corrected chi connectivity index (χ4v) is 10.5. The molecular formula is C46H55F2N9O6. The van der Waals surface area contributed by atoms with Crippen molar-refractivity contribution in [3.8, 4) is 0 Å². The molecule has 4 saturated heterocycles. The second kappa shape index (κ2) is 18.8. The molecule has 4 fully saturated rings. The van der Waals surface area contributed by atoms with Crippen molar-refractivity contribution < 1.29 is 27.8 Å². The molecule has 10 rings (SSSR count). The van der Waals surface area contributed by atoms with Gasteiger partial charge in [-0.2, -0.15) is 4.98 Å². The van der Waals surface area contributed by atoms with Gasteiger partial charge in [0.1, 0.15) is 17.5 Å². The van der Waals surface area contributed by atoms with E-state index in [0.29, 0.717) is 79.6 Å². The maximum absolute atomic E-state index is 13.9. The minimum absolute atomic E-state index is 0.139. The van der Waals surface area contributed by atoms with Crippen LogP contribution in [-0.2, 0) is 47.5 Å². The molecule has 2 amide bonds. The maximum Gasteiger partial charge on any atom is 0.354 e. The smallest absolute Gasteiger partial charge is 0.354 e. The summed E-state index contributed by atoms with van der Waals surface area (Å²) in [7, 11) is 1.75. The Hall–Kier alpha value is -5.36. The third-order valence-electron chi connectivity index (χ3n) is 13.7. The molecule has 2 aromatic carbocycles. The molecule has 0 radical (unpaired) electrons. The van der Waals surface area contributed by atoms with Gasteiger partial charge in [-0.25, -0.2) is 37.1 Å². The first-order chi connectivity index (χ1) is 30.6. The Morgan fingerprint density at radius 2 is 1.22 bits per heavy atom. The number of fused-ring (bicyclic) bond motifs is 6. The summed E-state index contributed by atoms with van der Waals surface area (Å²) >= 11 is 0. The number of hydrogen-bond acceptors (Lipinski definition) is 10. The van der Waals surface area contributed by atoms with Crippen LogP contribution in [0, 0.1) is 11.6 Å². The third kappa shape index (κ3) is 9.19. The second-order valence-corrected chi connectivity index (χ2v) is 17.6. The van der Waals surface area contributed by atoms with E-state index in [9.17, 15) is 28.0 Å². The largest absolute Gasteiger partial charge is 0.373 e. The Bertz CT molecular complexity index is 2530. The highest BCUT2D eigenvalue weighted by Crippen LogP contribution is 2.38. The molecule has 0 spiro atoms. The average Bonchev–Trinajstić information content (AvgIpc) is 4.01. The van der Waals surface area contributed by atoms with Crippen LogP contribution in [0.25, 0.3) is 5.78 Å². The average molecular weight is 868 g/mol. The van der Waals surface area contributed by atoms with Crippen LogP contribution in [0.2, 0.25) is 0 Å². The zero-order chi connectivity index (χ0) is 43.6. The Morgan fingerprint density at radius 3 is 1.78 bits per heavy atom. The molecule has 15 nitrogen and oxygen atoms in total. The summed E-state index contributed by atoms with van der Waals surface area (Å²) in [6, 6.07) is 15.0. The fourth-order valence-electron chi connectivity index (χ4n) is 10.5. The summed E-state index contributed by atoms with van der Waals surface area (Å²) in [6.45, 7) is 3.09. The van der Waals surface area contributed by atoms with Gasteiger partial charge >= 0.3 is 17.4 Å². The van der Waals surface area contributed by atoms with Crippen molar-refractivity contribution in [3.05, 3.63) is 123 Å². The number of carbonyl (C=O) groups excluding carboxylic acids is 2. The van der Waals surface area contributed by atoms with E-state index < -0.39 is 5.69 Å². The summed E-state index contributed by atoms with van der Waals surface area (Å²) in [5, 5.41) is 0. The standard InChI is InChI=1S/C23H28FN5O3.C23H27FN4O3/c1-26-11-12-28-21(26)25-22(30)29(23(28)31)10-4-9-27-17-7-8-18(27)14-19(13-17)32-15-16-5-2-3-6-20(16)24;24-20-5-2-1-4-16(20)15-31-19-12-17-6-7-18(13-19)26(17)9-3-10-28-22(29)14-21-25-8-11-27(21)23(28)30/h2-3,5-6,11-12,17-19H,4,7-10,13-15H2,1H3;1-2,4-5,8,11,17-19H,3,6-7,9-10,12-15H2. The van der Waals surface area contributed by atoms with E-state index in [4.69, 9.17) is 9.47 Å². The molecule has 8 heterocycles. The van der Waals surface area contributed by atoms with E-state index in [-0.39, 0.29) is 47.9 Å². The van der Waals surface area contributed by atoms with Crippen molar-refractivity contribution >= 4 is 17.7 Å². The Morgan fingerprint density at radius 1 is 0.683 bits per heavy atom. The van der Waals surface area contributed by atoms with Gasteiger partial charge in [0.15, 0.2) is 0 Å². The summed E-state index contributed by atoms with van der Waals surface area (Å²) < 4.78 is 45.6. The van der Waals surface area contributed by atoms with Gasteiger partial charge in [-0.1, -0.05) is 36.4 Å². The Kier molecular flexibility index (Phi) is 12.8. The second-order valence-electron chi connectivity index (χ2n) is 17.6. The number of aryl methyl sites for hydroxylation is 1. The molecule has 5 aliphatic heterocycles. The van der Waals surface area contributed by atoms with Gasteiger partial charge in [-0.3, -0.25) is 24.1 Å². The zero-order valence-electron chi connectivity index (χ0n) is 35.6. The highest BCUT2D eigenvalue weighted by molar-refractivity contribution is 5.99. The lowest BCUT2D eigenvalue weighted by Crippen LogP contribution is -2.48. The monoisotopic (exact) mass is 867 g/mol. The first-order valence-electron chi connectivity index (χ1n) is 22.3. The summed E-state index contributed by atoms with van der Waals surface area (Å²) in [4.78, 5) is 64.4. The molecule has 4 bridgehead atoms. The molecule has 0 saturated carbocycles. The van der Waals surface area contributed by atoms with Crippen LogP contribution in [-0.4, -0.2) is 111 Å². The number of halogens is 2. The van der Waals surface area contributed by atoms with Crippen LogP contribution in [0.1, 0.15) is 81.2 Å². The van der Waals surface area contributed by atoms with Crippen LogP contribution in [0.3, 0.4) is 0 Å². The van der Waals surface area contributed by atoms with Gasteiger partial charge in [-0.05, 0) is 76.3 Å². The highest BCUT2D eigenvalue weighted by atomic mass is 19.1. The van der Waals surface area contributed by atoms with Gasteiger partial charge in [0.25, 0.3) is 0 Å². The van der Waals surface area contributed by atoms with Crippen molar-refractivity contribution in [2.45, 2.75) is 127 Å². The van der Waals surface area contributed by atoms with Gasteiger partial charge in [0, 0.05) is 93.3 Å². The Balaban J connectivity index is 0.000000160. The molecule has 0 N–H and O–H groups in total. The molecule has 334 valence electrons. The van der Waals surface area contributed by atoms with Gasteiger partial charge in [0.2, 0.25) is 11.7 Å². The number of nitrogens with zero attached hydrogens (tertiary/aromatic N) is 9. The minimum Gasteiger partial charge on any atom is -0.373 e.